The van der Waals surface area contributed by atoms with Gasteiger partial charge in [-0.25, -0.2) is 0 Å². The van der Waals surface area contributed by atoms with E-state index in [0.717, 1.165) is 0 Å². The summed E-state index contributed by atoms with van der Waals surface area (Å²) in [6, 6.07) is 0. The number of carboxylic acids is 1. The minimum absolute atomic E-state index is 0.135. The molecule has 0 spiro atoms. The summed E-state index contributed by atoms with van der Waals surface area (Å²) >= 11 is 0. The predicted octanol–water partition coefficient (Wildman–Crippen LogP) is -3.86. The summed E-state index contributed by atoms with van der Waals surface area (Å²) in [5, 5.41) is 94.6. The first-order valence-corrected chi connectivity index (χ1v) is 17.3. The molecule has 18 unspecified atom stereocenters. The number of ether oxygens (including phenoxy) is 8. The summed E-state index contributed by atoms with van der Waals surface area (Å²) in [5.74, 6) is -3.36. The lowest BCUT2D eigenvalue weighted by Gasteiger charge is -2.52. The molecule has 294 valence electrons. The number of rotatable bonds is 11. The number of esters is 1. The molecule has 18 atom stereocenters. The molecule has 2 aliphatic carbocycles. The van der Waals surface area contributed by atoms with E-state index in [1.807, 2.05) is 0 Å². The van der Waals surface area contributed by atoms with E-state index in [1.54, 1.807) is 0 Å². The maximum Gasteiger partial charge on any atom is 0.317 e. The topological polar surface area (TPSA) is 290 Å². The van der Waals surface area contributed by atoms with Gasteiger partial charge in [0.15, 0.2) is 18.7 Å². The first-order valence-electron chi connectivity index (χ1n) is 17.3. The van der Waals surface area contributed by atoms with Crippen LogP contribution in [0.3, 0.4) is 0 Å². The highest BCUT2D eigenvalue weighted by atomic mass is 16.7. The summed E-state index contributed by atoms with van der Waals surface area (Å²) in [6.07, 6.45) is -21.2. The SMILES string of the molecule is COC1CC(C2OC3CC(O)CC(O)C3CC2OC2OC(COC3OC(C)C(OC(=O)CC(=O)O)C(O)C3O)C(O)C(O)C2O)CC(OC)C1O. The molecular weight excluding hydrogens is 688 g/mol. The zero-order valence-corrected chi connectivity index (χ0v) is 28.6. The molecule has 19 heteroatoms. The van der Waals surface area contributed by atoms with E-state index in [1.165, 1.54) is 21.1 Å². The molecule has 5 fully saturated rings. The van der Waals surface area contributed by atoms with E-state index in [2.05, 4.69) is 0 Å². The smallest absolute Gasteiger partial charge is 0.317 e. The van der Waals surface area contributed by atoms with Crippen LogP contribution in [-0.2, 0) is 47.5 Å². The average Bonchev–Trinajstić information content (AvgIpc) is 3.08. The van der Waals surface area contributed by atoms with Crippen LogP contribution in [0.15, 0.2) is 0 Å². The highest BCUT2D eigenvalue weighted by molar-refractivity contribution is 5.90. The van der Waals surface area contributed by atoms with Crippen molar-refractivity contribution in [3.05, 3.63) is 0 Å². The van der Waals surface area contributed by atoms with Crippen molar-refractivity contribution in [2.45, 2.75) is 156 Å². The van der Waals surface area contributed by atoms with Crippen molar-refractivity contribution in [3.63, 3.8) is 0 Å². The Morgan fingerprint density at radius 2 is 1.35 bits per heavy atom. The Labute approximate surface area is 293 Å². The number of aliphatic hydroxyl groups excluding tert-OH is 8. The van der Waals surface area contributed by atoms with Crippen LogP contribution in [0.4, 0.5) is 0 Å². The minimum Gasteiger partial charge on any atom is -0.481 e. The Kier molecular flexibility index (Phi) is 13.7. The summed E-state index contributed by atoms with van der Waals surface area (Å²) in [6.45, 7) is 0.848. The largest absolute Gasteiger partial charge is 0.481 e. The number of aliphatic hydroxyl groups is 8. The zero-order chi connectivity index (χ0) is 37.3. The number of hydrogen-bond acceptors (Lipinski definition) is 18. The summed E-state index contributed by atoms with van der Waals surface area (Å²) < 4.78 is 46.0. The molecule has 0 amide bonds. The Bertz CT molecular complexity index is 1150. The van der Waals surface area contributed by atoms with Crippen molar-refractivity contribution >= 4 is 11.9 Å². The third-order valence-corrected chi connectivity index (χ3v) is 10.8. The Balaban J connectivity index is 1.28. The third-order valence-electron chi connectivity index (χ3n) is 10.8. The van der Waals surface area contributed by atoms with E-state index in [4.69, 9.17) is 43.0 Å². The van der Waals surface area contributed by atoms with Gasteiger partial charge in [0, 0.05) is 20.1 Å². The molecule has 3 saturated heterocycles. The Hall–Kier alpha value is -1.66. The van der Waals surface area contributed by atoms with Crippen LogP contribution >= 0.6 is 0 Å². The van der Waals surface area contributed by atoms with Crippen LogP contribution in [0.2, 0.25) is 0 Å². The Morgan fingerprint density at radius 1 is 0.706 bits per heavy atom. The molecule has 3 heterocycles. The van der Waals surface area contributed by atoms with Crippen LogP contribution in [0.5, 0.6) is 0 Å². The molecule has 0 bridgehead atoms. The lowest BCUT2D eigenvalue weighted by molar-refractivity contribution is -0.346. The van der Waals surface area contributed by atoms with Crippen molar-refractivity contribution in [1.29, 1.82) is 0 Å². The summed E-state index contributed by atoms with van der Waals surface area (Å²) in [7, 11) is 2.94. The second-order valence-corrected chi connectivity index (χ2v) is 14.2. The fourth-order valence-electron chi connectivity index (χ4n) is 8.05. The zero-order valence-electron chi connectivity index (χ0n) is 28.6. The molecule has 51 heavy (non-hydrogen) atoms. The molecule has 0 aromatic carbocycles. The standard InChI is InChI=1S/C32H52O19/c1-11-29(51-22(37)9-21(35)36)26(41)28(43)31(47-11)46-10-20-24(39)25(40)27(42)32(50-20)49-19-8-14-15(34)6-13(33)7-16(14)48-30(19)12-4-17(44-2)23(38)18(5-12)45-3/h11-20,23-34,38-43H,4-10H2,1-3H3,(H,35,36). The van der Waals surface area contributed by atoms with Gasteiger partial charge >= 0.3 is 11.9 Å². The monoisotopic (exact) mass is 740 g/mol. The molecule has 3 aliphatic heterocycles. The number of methoxy groups -OCH3 is 2. The van der Waals surface area contributed by atoms with E-state index < -0.39 is 141 Å². The number of carbonyl (C=O) groups excluding carboxylic acids is 1. The molecular formula is C32H52O19. The van der Waals surface area contributed by atoms with Crippen molar-refractivity contribution in [1.82, 2.24) is 0 Å². The van der Waals surface area contributed by atoms with Gasteiger partial charge in [-0.1, -0.05) is 0 Å². The minimum atomic E-state index is -1.79. The normalized spacial score (nSPS) is 49.2. The quantitative estimate of drug-likeness (QED) is 0.0724. The predicted molar refractivity (Wildman–Crippen MR) is 164 cm³/mol. The molecule has 2 saturated carbocycles. The first kappa shape index (κ1) is 40.5. The van der Waals surface area contributed by atoms with Gasteiger partial charge in [-0.05, 0) is 44.9 Å². The molecule has 0 aromatic rings. The van der Waals surface area contributed by atoms with Gasteiger partial charge in [0.05, 0.1) is 55.4 Å². The second kappa shape index (κ2) is 17.2. The lowest BCUT2D eigenvalue weighted by Crippen LogP contribution is -2.63. The van der Waals surface area contributed by atoms with E-state index in [9.17, 15) is 50.4 Å². The number of carboxylic acid groups (broad SMARTS) is 1. The number of carbonyl (C=O) groups is 2. The van der Waals surface area contributed by atoms with Gasteiger partial charge in [0.1, 0.15) is 49.1 Å². The van der Waals surface area contributed by atoms with Gasteiger partial charge in [-0.2, -0.15) is 0 Å². The summed E-state index contributed by atoms with van der Waals surface area (Å²) in [4.78, 5) is 22.7. The fraction of sp³-hybridized carbons (Fsp3) is 0.938. The second-order valence-electron chi connectivity index (χ2n) is 14.2. The van der Waals surface area contributed by atoms with E-state index >= 15 is 0 Å². The van der Waals surface area contributed by atoms with Crippen LogP contribution in [0, 0.1) is 11.8 Å². The maximum atomic E-state index is 11.8. The number of hydrogen-bond donors (Lipinski definition) is 9. The van der Waals surface area contributed by atoms with Gasteiger partial charge in [-0.15, -0.1) is 0 Å². The van der Waals surface area contributed by atoms with Gasteiger partial charge in [0.25, 0.3) is 0 Å². The molecule has 0 aromatic heterocycles. The van der Waals surface area contributed by atoms with E-state index in [0.29, 0.717) is 12.8 Å². The number of fused-ring (bicyclic) bond motifs is 1. The van der Waals surface area contributed by atoms with Gasteiger partial charge in [-0.3, -0.25) is 9.59 Å². The fourth-order valence-corrected chi connectivity index (χ4v) is 8.05. The van der Waals surface area contributed by atoms with Crippen LogP contribution in [0.25, 0.3) is 0 Å². The maximum absolute atomic E-state index is 11.8. The lowest BCUT2D eigenvalue weighted by atomic mass is 9.72. The average molecular weight is 741 g/mol. The number of aliphatic carboxylic acids is 1. The van der Waals surface area contributed by atoms with E-state index in [-0.39, 0.29) is 25.2 Å². The van der Waals surface area contributed by atoms with Crippen molar-refractivity contribution in [2.24, 2.45) is 11.8 Å². The molecule has 19 nitrogen and oxygen atoms in total. The highest BCUT2D eigenvalue weighted by Crippen LogP contribution is 2.44. The van der Waals surface area contributed by atoms with Crippen LogP contribution in [0.1, 0.15) is 45.4 Å². The molecule has 0 radical (unpaired) electrons. The van der Waals surface area contributed by atoms with Crippen molar-refractivity contribution in [3.8, 4) is 0 Å². The summed E-state index contributed by atoms with van der Waals surface area (Å²) in [5.41, 5.74) is 0. The molecule has 9 N–H and O–H groups in total. The molecule has 5 aliphatic rings. The highest BCUT2D eigenvalue weighted by Gasteiger charge is 2.53. The van der Waals surface area contributed by atoms with Gasteiger partial charge in [0.2, 0.25) is 0 Å². The van der Waals surface area contributed by atoms with Crippen LogP contribution < -0.4 is 0 Å². The third kappa shape index (κ3) is 9.01. The molecule has 5 rings (SSSR count). The van der Waals surface area contributed by atoms with Crippen LogP contribution in [-0.4, -0.2) is 189 Å². The van der Waals surface area contributed by atoms with Gasteiger partial charge < -0.3 is 83.9 Å². The van der Waals surface area contributed by atoms with Crippen molar-refractivity contribution < 1.29 is 93.4 Å². The Morgan fingerprint density at radius 3 is 1.98 bits per heavy atom. The first-order chi connectivity index (χ1) is 24.1. The van der Waals surface area contributed by atoms with Crippen molar-refractivity contribution in [2.75, 3.05) is 20.8 Å².